The zero-order valence-corrected chi connectivity index (χ0v) is 32.2. The topological polar surface area (TPSA) is 202 Å². The summed E-state index contributed by atoms with van der Waals surface area (Å²) >= 11 is 1.58. The summed E-state index contributed by atoms with van der Waals surface area (Å²) in [6, 6.07) is 13.3. The van der Waals surface area contributed by atoms with Gasteiger partial charge in [-0.1, -0.05) is 69.3 Å². The number of amides is 5. The van der Waals surface area contributed by atoms with E-state index in [1.165, 1.54) is 4.90 Å². The van der Waals surface area contributed by atoms with Gasteiger partial charge in [-0.3, -0.25) is 14.4 Å². The van der Waals surface area contributed by atoms with E-state index in [1.54, 1.807) is 11.3 Å². The minimum absolute atomic E-state index is 0.00410. The molecule has 53 heavy (non-hydrogen) atoms. The zero-order valence-electron chi connectivity index (χ0n) is 31.4. The van der Waals surface area contributed by atoms with E-state index in [2.05, 4.69) is 20.9 Å². The Labute approximate surface area is 316 Å². The molecule has 0 bridgehead atoms. The highest BCUT2D eigenvalue weighted by Crippen LogP contribution is 2.28. The number of rotatable bonds is 17. The van der Waals surface area contributed by atoms with E-state index in [-0.39, 0.29) is 49.9 Å². The van der Waals surface area contributed by atoms with Crippen molar-refractivity contribution in [2.45, 2.75) is 110 Å². The van der Waals surface area contributed by atoms with Gasteiger partial charge >= 0.3 is 6.03 Å². The Balaban J connectivity index is 1.23. The van der Waals surface area contributed by atoms with E-state index in [0.717, 1.165) is 39.2 Å². The van der Waals surface area contributed by atoms with E-state index < -0.39 is 35.5 Å². The molecule has 1 aliphatic heterocycles. The predicted octanol–water partition coefficient (Wildman–Crippen LogP) is 3.54. The molecule has 288 valence electrons. The van der Waals surface area contributed by atoms with E-state index >= 15 is 0 Å². The van der Waals surface area contributed by atoms with Crippen LogP contribution >= 0.6 is 11.3 Å². The first-order valence-electron chi connectivity index (χ1n) is 18.2. The minimum atomic E-state index is -0.930. The van der Waals surface area contributed by atoms with Crippen molar-refractivity contribution in [3.05, 3.63) is 76.4 Å². The number of nitrogens with two attached hydrogens (primary N) is 2. The zero-order chi connectivity index (χ0) is 38.7. The molecule has 1 fully saturated rings. The van der Waals surface area contributed by atoms with Crippen LogP contribution in [0.3, 0.4) is 0 Å². The van der Waals surface area contributed by atoms with Crippen molar-refractivity contribution in [1.82, 2.24) is 25.8 Å². The number of ether oxygens (including phenoxy) is 1. The molecule has 2 aromatic carbocycles. The number of thiazole rings is 1. The Hall–Kier alpha value is -4.37. The number of carbonyl (C=O) groups excluding carboxylic acids is 4. The van der Waals surface area contributed by atoms with Crippen LogP contribution in [-0.4, -0.2) is 82.2 Å². The van der Waals surface area contributed by atoms with Gasteiger partial charge in [0.1, 0.15) is 12.1 Å². The fourth-order valence-electron chi connectivity index (χ4n) is 6.15. The monoisotopic (exact) mass is 749 g/mol. The number of hydrogen-bond donors (Lipinski definition) is 6. The Bertz CT molecular complexity index is 1670. The lowest BCUT2D eigenvalue weighted by Gasteiger charge is -2.35. The Morgan fingerprint density at radius 2 is 1.70 bits per heavy atom. The number of urea groups is 1. The van der Waals surface area contributed by atoms with Gasteiger partial charge in [0.15, 0.2) is 0 Å². The van der Waals surface area contributed by atoms with Crippen molar-refractivity contribution in [2.24, 2.45) is 16.9 Å². The van der Waals surface area contributed by atoms with Crippen molar-refractivity contribution in [2.75, 3.05) is 13.1 Å². The molecule has 0 saturated carbocycles. The first kappa shape index (κ1) is 41.4. The van der Waals surface area contributed by atoms with Gasteiger partial charge in [-0.15, -0.1) is 11.3 Å². The summed E-state index contributed by atoms with van der Waals surface area (Å²) in [4.78, 5) is 58.1. The molecule has 5 atom stereocenters. The number of nitrogens with zero attached hydrogens (tertiary/aromatic N) is 2. The highest BCUT2D eigenvalue weighted by molar-refractivity contribution is 7.13. The SMILES string of the molecule is Cc1ncsc1-c1ccc(CNC(=O)[C@@H]2C[C@@H](O)CN2C(=O)[C@@H](NC(=O)NCCCc2ccc(CO[C@H](C)[C@@H](N)CCC(N)=O)cc2)C(C)(C)C)cc1. The van der Waals surface area contributed by atoms with Gasteiger partial charge in [0, 0.05) is 38.5 Å². The van der Waals surface area contributed by atoms with Crippen LogP contribution in [0.1, 0.15) is 75.8 Å². The van der Waals surface area contributed by atoms with Gasteiger partial charge in [-0.25, -0.2) is 9.78 Å². The summed E-state index contributed by atoms with van der Waals surface area (Å²) in [7, 11) is 0. The number of β-amino-alcohol motifs (C(OH)–C–C–N with tert-alkyl or cyclic N) is 1. The summed E-state index contributed by atoms with van der Waals surface area (Å²) in [5, 5.41) is 19.1. The van der Waals surface area contributed by atoms with Crippen LogP contribution in [0.2, 0.25) is 0 Å². The Morgan fingerprint density at radius 1 is 1.04 bits per heavy atom. The smallest absolute Gasteiger partial charge is 0.315 e. The largest absolute Gasteiger partial charge is 0.391 e. The lowest BCUT2D eigenvalue weighted by molar-refractivity contribution is -0.142. The van der Waals surface area contributed by atoms with Crippen LogP contribution in [0.5, 0.6) is 0 Å². The summed E-state index contributed by atoms with van der Waals surface area (Å²) in [5.41, 5.74) is 17.5. The number of aliphatic hydroxyl groups is 1. The second-order valence-corrected chi connectivity index (χ2v) is 15.7. The molecule has 14 heteroatoms. The van der Waals surface area contributed by atoms with Crippen LogP contribution in [0.15, 0.2) is 54.0 Å². The maximum Gasteiger partial charge on any atom is 0.315 e. The van der Waals surface area contributed by atoms with Gasteiger partial charge < -0.3 is 42.2 Å². The molecular weight excluding hydrogens is 695 g/mol. The average Bonchev–Trinajstić information content (AvgIpc) is 3.74. The molecule has 13 nitrogen and oxygen atoms in total. The highest BCUT2D eigenvalue weighted by atomic mass is 32.1. The quantitative estimate of drug-likeness (QED) is 0.113. The van der Waals surface area contributed by atoms with Crippen molar-refractivity contribution < 1.29 is 29.0 Å². The molecule has 0 spiro atoms. The van der Waals surface area contributed by atoms with E-state index in [9.17, 15) is 24.3 Å². The summed E-state index contributed by atoms with van der Waals surface area (Å²) in [5.74, 6) is -1.15. The molecule has 4 rings (SSSR count). The molecule has 1 saturated heterocycles. The normalized spacial score (nSPS) is 17.5. The first-order chi connectivity index (χ1) is 25.1. The summed E-state index contributed by atoms with van der Waals surface area (Å²) in [6.07, 6.45) is 1.15. The fraction of sp³-hybridized carbons (Fsp3) is 0.513. The molecule has 1 aromatic heterocycles. The highest BCUT2D eigenvalue weighted by Gasteiger charge is 2.44. The third-order valence-electron chi connectivity index (χ3n) is 9.47. The maximum atomic E-state index is 13.9. The number of nitrogens with one attached hydrogen (secondary N) is 3. The molecule has 3 aromatic rings. The first-order valence-corrected chi connectivity index (χ1v) is 19.0. The molecule has 0 unspecified atom stereocenters. The molecule has 0 radical (unpaired) electrons. The van der Waals surface area contributed by atoms with Crippen LogP contribution in [0.25, 0.3) is 10.4 Å². The lowest BCUT2D eigenvalue weighted by Crippen LogP contribution is -2.59. The maximum absolute atomic E-state index is 13.9. The fourth-order valence-corrected chi connectivity index (χ4v) is 6.97. The molecular formula is C39H55N7O6S. The van der Waals surface area contributed by atoms with Crippen LogP contribution in [-0.2, 0) is 38.7 Å². The van der Waals surface area contributed by atoms with E-state index in [1.807, 2.05) is 88.7 Å². The third kappa shape index (κ3) is 12.3. The van der Waals surface area contributed by atoms with Gasteiger partial charge in [0.2, 0.25) is 17.7 Å². The number of aliphatic hydroxyl groups excluding tert-OH is 1. The second kappa shape index (κ2) is 19.1. The van der Waals surface area contributed by atoms with Crippen LogP contribution < -0.4 is 27.4 Å². The van der Waals surface area contributed by atoms with Crippen molar-refractivity contribution in [1.29, 1.82) is 0 Å². The number of hydrogen-bond acceptors (Lipinski definition) is 9. The van der Waals surface area contributed by atoms with E-state index in [4.69, 9.17) is 16.2 Å². The van der Waals surface area contributed by atoms with Crippen molar-refractivity contribution in [3.63, 3.8) is 0 Å². The molecule has 5 amide bonds. The number of aryl methyl sites for hydroxylation is 2. The minimum Gasteiger partial charge on any atom is -0.391 e. The Kier molecular flexibility index (Phi) is 14.9. The number of benzene rings is 2. The third-order valence-corrected chi connectivity index (χ3v) is 10.4. The molecule has 1 aliphatic rings. The van der Waals surface area contributed by atoms with Crippen molar-refractivity contribution in [3.8, 4) is 10.4 Å². The van der Waals surface area contributed by atoms with E-state index in [0.29, 0.717) is 26.0 Å². The molecule has 2 heterocycles. The van der Waals surface area contributed by atoms with Gasteiger partial charge in [0.25, 0.3) is 0 Å². The van der Waals surface area contributed by atoms with Gasteiger partial charge in [0.05, 0.1) is 34.9 Å². The number of carbonyl (C=O) groups is 4. The molecule has 8 N–H and O–H groups in total. The van der Waals surface area contributed by atoms with Gasteiger partial charge in [-0.2, -0.15) is 0 Å². The Morgan fingerprint density at radius 3 is 2.32 bits per heavy atom. The lowest BCUT2D eigenvalue weighted by atomic mass is 9.85. The van der Waals surface area contributed by atoms with Gasteiger partial charge in [-0.05, 0) is 60.8 Å². The summed E-state index contributed by atoms with van der Waals surface area (Å²) in [6.45, 7) is 10.5. The van der Waals surface area contributed by atoms with Crippen LogP contribution in [0.4, 0.5) is 4.79 Å². The predicted molar refractivity (Wildman–Crippen MR) is 205 cm³/mol. The summed E-state index contributed by atoms with van der Waals surface area (Å²) < 4.78 is 5.87. The average molecular weight is 750 g/mol. The van der Waals surface area contributed by atoms with Crippen LogP contribution in [0, 0.1) is 12.3 Å². The number of likely N-dealkylation sites (tertiary alicyclic amines) is 1. The standard InChI is InChI=1S/C39H55N7O6S/c1-24-34(53-23-44-24)29-14-12-27(13-15-29)20-43-36(49)32-19-30(47)21-46(32)37(50)35(39(3,4)5)45-38(51)42-18-6-7-26-8-10-28(11-9-26)22-52-25(2)31(40)16-17-33(41)48/h8-15,23,25,30-32,35,47H,6-7,16-22,40H2,1-5H3,(H2,41,48)(H,43,49)(H2,42,45,51)/t25-,30-,31+,32+,35-/m1/s1. The second-order valence-electron chi connectivity index (χ2n) is 14.9. The number of primary amides is 1. The number of aromatic nitrogens is 1. The molecule has 0 aliphatic carbocycles. The van der Waals surface area contributed by atoms with Crippen molar-refractivity contribution >= 4 is 35.1 Å².